The van der Waals surface area contributed by atoms with Gasteiger partial charge < -0.3 is 0 Å². The van der Waals surface area contributed by atoms with Crippen LogP contribution in [0.3, 0.4) is 0 Å². The first-order chi connectivity index (χ1) is 6.93. The van der Waals surface area contributed by atoms with Gasteiger partial charge in [-0.15, -0.1) is 16.4 Å². The van der Waals surface area contributed by atoms with Crippen molar-refractivity contribution in [1.29, 1.82) is 0 Å². The number of nitrogens with zero attached hydrogens (tertiary/aromatic N) is 3. The molecule has 3 nitrogen and oxygen atoms in total. The maximum absolute atomic E-state index is 4.42. The molecule has 0 fully saturated rings. The summed E-state index contributed by atoms with van der Waals surface area (Å²) in [6.45, 7) is 0. The minimum absolute atomic E-state index is 0.737. The van der Waals surface area contributed by atoms with Gasteiger partial charge in [0.1, 0.15) is 0 Å². The Hall–Kier alpha value is -1.33. The van der Waals surface area contributed by atoms with Crippen LogP contribution >= 0.6 is 22.9 Å². The molecule has 0 aliphatic heterocycles. The van der Waals surface area contributed by atoms with Crippen LogP contribution in [0, 0.1) is 0 Å². The molecule has 3 heterocycles. The number of hydrogen-bond acceptors (Lipinski definition) is 5. The molecule has 0 aliphatic rings. The quantitative estimate of drug-likeness (QED) is 0.631. The summed E-state index contributed by atoms with van der Waals surface area (Å²) < 4.78 is 4.89. The van der Waals surface area contributed by atoms with Gasteiger partial charge in [0, 0.05) is 0 Å². The molecule has 3 aromatic rings. The van der Waals surface area contributed by atoms with Gasteiger partial charge in [-0.1, -0.05) is 10.6 Å². The molecule has 68 valence electrons. The minimum atomic E-state index is 0.737. The Morgan fingerprint density at radius 2 is 2.14 bits per heavy atom. The Morgan fingerprint density at radius 3 is 3.00 bits per heavy atom. The van der Waals surface area contributed by atoms with Crippen LogP contribution in [-0.2, 0) is 0 Å². The maximum atomic E-state index is 4.42. The summed E-state index contributed by atoms with van der Waals surface area (Å²) in [7, 11) is 0. The fourth-order valence-electron chi connectivity index (χ4n) is 1.24. The van der Waals surface area contributed by atoms with Crippen LogP contribution in [0.5, 0.6) is 0 Å². The third kappa shape index (κ3) is 1.21. The number of aromatic nitrogens is 3. The number of fused-ring (bicyclic) bond motifs is 1. The molecule has 0 aromatic carbocycles. The van der Waals surface area contributed by atoms with Crippen LogP contribution in [-0.4, -0.2) is 14.6 Å². The van der Waals surface area contributed by atoms with E-state index in [0.29, 0.717) is 0 Å². The van der Waals surface area contributed by atoms with Crippen molar-refractivity contribution in [2.24, 2.45) is 0 Å². The lowest BCUT2D eigenvalue weighted by molar-refractivity contribution is 1.16. The van der Waals surface area contributed by atoms with Crippen molar-refractivity contribution in [3.05, 3.63) is 29.6 Å². The van der Waals surface area contributed by atoms with Crippen molar-refractivity contribution < 1.29 is 0 Å². The first-order valence-electron chi connectivity index (χ1n) is 4.06. The highest BCUT2D eigenvalue weighted by Crippen LogP contribution is 2.24. The second-order valence-corrected chi connectivity index (χ2v) is 4.50. The summed E-state index contributed by atoms with van der Waals surface area (Å²) in [6.07, 6.45) is 0. The fourth-order valence-corrected chi connectivity index (χ4v) is 2.44. The number of thiophene rings is 1. The van der Waals surface area contributed by atoms with Crippen molar-refractivity contribution >= 4 is 33.2 Å². The van der Waals surface area contributed by atoms with E-state index in [0.717, 1.165) is 16.0 Å². The molecule has 0 spiro atoms. The summed E-state index contributed by atoms with van der Waals surface area (Å²) in [6, 6.07) is 8.10. The summed E-state index contributed by atoms with van der Waals surface area (Å²) in [5.41, 5.74) is 1.71. The van der Waals surface area contributed by atoms with Gasteiger partial charge in [0.05, 0.1) is 15.3 Å². The van der Waals surface area contributed by atoms with Gasteiger partial charge in [0.25, 0.3) is 0 Å². The number of pyridine rings is 1. The van der Waals surface area contributed by atoms with Crippen LogP contribution in [0.1, 0.15) is 0 Å². The third-order valence-electron chi connectivity index (χ3n) is 1.89. The molecule has 14 heavy (non-hydrogen) atoms. The van der Waals surface area contributed by atoms with Crippen LogP contribution in [0.2, 0.25) is 0 Å². The van der Waals surface area contributed by atoms with E-state index in [-0.39, 0.29) is 0 Å². The van der Waals surface area contributed by atoms with E-state index in [9.17, 15) is 0 Å². The van der Waals surface area contributed by atoms with E-state index in [4.69, 9.17) is 0 Å². The zero-order valence-electron chi connectivity index (χ0n) is 7.04. The molecule has 3 aromatic heterocycles. The molecule has 0 amide bonds. The van der Waals surface area contributed by atoms with Crippen LogP contribution in [0.25, 0.3) is 20.9 Å². The monoisotopic (exact) mass is 219 g/mol. The highest BCUT2D eigenvalue weighted by Gasteiger charge is 2.04. The molecule has 0 atom stereocenters. The Labute approximate surface area is 88.2 Å². The first kappa shape index (κ1) is 8.02. The summed E-state index contributed by atoms with van der Waals surface area (Å²) >= 11 is 3.05. The summed E-state index contributed by atoms with van der Waals surface area (Å²) in [4.78, 5) is 5.59. The first-order valence-corrected chi connectivity index (χ1v) is 5.72. The van der Waals surface area contributed by atoms with Crippen LogP contribution in [0.15, 0.2) is 29.6 Å². The van der Waals surface area contributed by atoms with E-state index < -0.39 is 0 Å². The normalized spacial score (nSPS) is 10.9. The molecular formula is C9H5N3S2. The van der Waals surface area contributed by atoms with E-state index in [1.165, 1.54) is 16.4 Å². The Kier molecular flexibility index (Phi) is 1.78. The van der Waals surface area contributed by atoms with Crippen molar-refractivity contribution in [2.75, 3.05) is 0 Å². The van der Waals surface area contributed by atoms with Crippen molar-refractivity contribution in [1.82, 2.24) is 14.6 Å². The smallest absolute Gasteiger partial charge is 0.195 e. The molecule has 0 unspecified atom stereocenters. The molecule has 0 saturated carbocycles. The van der Waals surface area contributed by atoms with Gasteiger partial charge in [-0.3, -0.25) is 0 Å². The topological polar surface area (TPSA) is 38.7 Å². The van der Waals surface area contributed by atoms with E-state index in [1.807, 2.05) is 23.6 Å². The molecular weight excluding hydrogens is 214 g/mol. The minimum Gasteiger partial charge on any atom is -0.225 e. The predicted octanol–water partition coefficient (Wildman–Crippen LogP) is 2.81. The lowest BCUT2D eigenvalue weighted by Crippen LogP contribution is -1.80. The number of rotatable bonds is 1. The second-order valence-electron chi connectivity index (χ2n) is 2.77. The second kappa shape index (κ2) is 3.11. The molecule has 0 bridgehead atoms. The van der Waals surface area contributed by atoms with E-state index in [1.54, 1.807) is 11.3 Å². The van der Waals surface area contributed by atoms with Crippen molar-refractivity contribution in [3.63, 3.8) is 0 Å². The van der Waals surface area contributed by atoms with Gasteiger partial charge in [-0.25, -0.2) is 4.98 Å². The van der Waals surface area contributed by atoms with Crippen LogP contribution < -0.4 is 0 Å². The Balaban J connectivity index is 2.23. The highest BCUT2D eigenvalue weighted by molar-refractivity contribution is 7.13. The van der Waals surface area contributed by atoms with Crippen molar-refractivity contribution in [3.8, 4) is 10.6 Å². The molecule has 3 rings (SSSR count). The SMILES string of the molecule is c1csc(-c2ccc3snnc3n2)c1. The van der Waals surface area contributed by atoms with Gasteiger partial charge in [-0.2, -0.15) is 0 Å². The van der Waals surface area contributed by atoms with E-state index in [2.05, 4.69) is 20.6 Å². The lowest BCUT2D eigenvalue weighted by atomic mass is 10.3. The molecule has 5 heteroatoms. The molecule has 0 saturated heterocycles. The Morgan fingerprint density at radius 1 is 1.14 bits per heavy atom. The lowest BCUT2D eigenvalue weighted by Gasteiger charge is -1.94. The van der Waals surface area contributed by atoms with Crippen molar-refractivity contribution in [2.45, 2.75) is 0 Å². The largest absolute Gasteiger partial charge is 0.225 e. The van der Waals surface area contributed by atoms with Crippen LogP contribution in [0.4, 0.5) is 0 Å². The van der Waals surface area contributed by atoms with Gasteiger partial charge in [0.15, 0.2) is 5.65 Å². The predicted molar refractivity (Wildman–Crippen MR) is 58.5 cm³/mol. The zero-order chi connectivity index (χ0) is 9.38. The molecule has 0 aliphatic carbocycles. The maximum Gasteiger partial charge on any atom is 0.195 e. The van der Waals surface area contributed by atoms with Gasteiger partial charge in [0.2, 0.25) is 0 Å². The molecule has 0 radical (unpaired) electrons. The molecule has 0 N–H and O–H groups in total. The fraction of sp³-hybridized carbons (Fsp3) is 0. The van der Waals surface area contributed by atoms with E-state index >= 15 is 0 Å². The average Bonchev–Trinajstić information content (AvgIpc) is 2.88. The third-order valence-corrected chi connectivity index (χ3v) is 3.46. The summed E-state index contributed by atoms with van der Waals surface area (Å²) in [5, 5.41) is 5.99. The standard InChI is InChI=1S/C9H5N3S2/c1-2-7(13-5-1)6-3-4-8-9(10-6)11-12-14-8/h1-5H. The zero-order valence-corrected chi connectivity index (χ0v) is 8.68. The number of hydrogen-bond donors (Lipinski definition) is 0. The Bertz CT molecular complexity index is 556. The van der Waals surface area contributed by atoms with Gasteiger partial charge in [-0.05, 0) is 35.1 Å². The summed E-state index contributed by atoms with van der Waals surface area (Å²) in [5.74, 6) is 0. The highest BCUT2D eigenvalue weighted by atomic mass is 32.1. The van der Waals surface area contributed by atoms with Gasteiger partial charge >= 0.3 is 0 Å². The average molecular weight is 219 g/mol.